The lowest BCUT2D eigenvalue weighted by atomic mass is 10.1. The molecular formula is C28H25F3N2O3S2. The van der Waals surface area contributed by atoms with Crippen molar-refractivity contribution in [2.75, 3.05) is 6.54 Å². The molecule has 0 bridgehead atoms. The molecule has 1 amide bonds. The molecule has 0 radical (unpaired) electrons. The number of nitrogens with zero attached hydrogens (tertiary/aromatic N) is 1. The standard InChI is InChI=1S/C28H25F3N2O3S2/c29-28(30,31)22-10-12-23(13-11-22)37-18-20-6-3-5-19(15-20)17-32-27(34)24-8-4-14-33(24)38(35)26-16-21-7-1-2-9-25(21)36-26/h1-3,5-7,9-13,15-16,24H,4,8,14,17-18H2,(H,32,34). The van der Waals surface area contributed by atoms with Crippen molar-refractivity contribution >= 4 is 39.6 Å². The summed E-state index contributed by atoms with van der Waals surface area (Å²) >= 11 is 1.45. The topological polar surface area (TPSA) is 62.6 Å². The van der Waals surface area contributed by atoms with E-state index in [0.29, 0.717) is 35.9 Å². The van der Waals surface area contributed by atoms with Crippen LogP contribution in [0.4, 0.5) is 13.2 Å². The van der Waals surface area contributed by atoms with E-state index in [4.69, 9.17) is 4.42 Å². The van der Waals surface area contributed by atoms with Crippen molar-refractivity contribution in [1.82, 2.24) is 9.62 Å². The predicted octanol–water partition coefficient (Wildman–Crippen LogP) is 6.55. The van der Waals surface area contributed by atoms with E-state index in [2.05, 4.69) is 5.32 Å². The van der Waals surface area contributed by atoms with Gasteiger partial charge >= 0.3 is 6.18 Å². The van der Waals surface area contributed by atoms with Crippen LogP contribution in [0.15, 0.2) is 93.3 Å². The number of rotatable bonds is 8. The van der Waals surface area contributed by atoms with Gasteiger partial charge in [-0.1, -0.05) is 42.5 Å². The molecule has 1 saturated heterocycles. The van der Waals surface area contributed by atoms with Crippen LogP contribution in [0.5, 0.6) is 0 Å². The number of amides is 1. The zero-order chi connectivity index (χ0) is 26.7. The van der Waals surface area contributed by atoms with Crippen LogP contribution in [0.3, 0.4) is 0 Å². The number of alkyl halides is 3. The van der Waals surface area contributed by atoms with Gasteiger partial charge in [0.2, 0.25) is 11.0 Å². The Kier molecular flexibility index (Phi) is 7.92. The summed E-state index contributed by atoms with van der Waals surface area (Å²) in [6, 6.07) is 21.5. The number of thioether (sulfide) groups is 1. The van der Waals surface area contributed by atoms with Gasteiger partial charge in [0.1, 0.15) is 11.6 Å². The monoisotopic (exact) mass is 558 g/mol. The number of carbonyl (C=O) groups excluding carboxylic acids is 1. The first-order valence-corrected chi connectivity index (χ1v) is 14.2. The summed E-state index contributed by atoms with van der Waals surface area (Å²) in [5.74, 6) is 0.400. The molecule has 1 N–H and O–H groups in total. The third-order valence-electron chi connectivity index (χ3n) is 6.34. The molecule has 0 spiro atoms. The Morgan fingerprint density at radius 1 is 1.03 bits per heavy atom. The minimum Gasteiger partial charge on any atom is -0.446 e. The zero-order valence-corrected chi connectivity index (χ0v) is 21.9. The summed E-state index contributed by atoms with van der Waals surface area (Å²) in [7, 11) is -1.58. The molecule has 5 rings (SSSR count). The van der Waals surface area contributed by atoms with E-state index in [0.717, 1.165) is 40.0 Å². The first kappa shape index (κ1) is 26.5. The fourth-order valence-corrected chi connectivity index (χ4v) is 6.59. The van der Waals surface area contributed by atoms with Crippen LogP contribution in [-0.4, -0.2) is 27.0 Å². The molecule has 10 heteroatoms. The molecule has 198 valence electrons. The average molecular weight is 559 g/mol. The number of benzene rings is 3. The summed E-state index contributed by atoms with van der Waals surface area (Å²) in [5.41, 5.74) is 1.90. The van der Waals surface area contributed by atoms with Gasteiger partial charge in [-0.25, -0.2) is 8.51 Å². The second-order valence-electron chi connectivity index (χ2n) is 9.00. The fraction of sp³-hybridized carbons (Fsp3) is 0.250. The van der Waals surface area contributed by atoms with Crippen LogP contribution >= 0.6 is 11.8 Å². The Morgan fingerprint density at radius 2 is 1.79 bits per heavy atom. The largest absolute Gasteiger partial charge is 0.446 e. The highest BCUT2D eigenvalue weighted by molar-refractivity contribution is 7.98. The number of hydrogen-bond donors (Lipinski definition) is 1. The number of hydrogen-bond acceptors (Lipinski definition) is 4. The summed E-state index contributed by atoms with van der Waals surface area (Å²) in [6.07, 6.45) is -2.97. The minimum absolute atomic E-state index is 0.184. The van der Waals surface area contributed by atoms with E-state index in [1.54, 1.807) is 10.4 Å². The smallest absolute Gasteiger partial charge is 0.416 e. The first-order valence-electron chi connectivity index (χ1n) is 12.1. The van der Waals surface area contributed by atoms with Gasteiger partial charge in [0, 0.05) is 35.2 Å². The number of carbonyl (C=O) groups is 1. The second kappa shape index (κ2) is 11.3. The lowest BCUT2D eigenvalue weighted by molar-refractivity contribution is -0.137. The molecule has 0 saturated carbocycles. The molecule has 2 heterocycles. The van der Waals surface area contributed by atoms with Gasteiger partial charge in [-0.15, -0.1) is 11.8 Å². The quantitative estimate of drug-likeness (QED) is 0.249. The maximum Gasteiger partial charge on any atom is 0.416 e. The van der Waals surface area contributed by atoms with E-state index in [1.165, 1.54) is 23.9 Å². The average Bonchev–Trinajstić information content (AvgIpc) is 3.58. The molecule has 4 aromatic rings. The number of nitrogens with one attached hydrogen (secondary N) is 1. The van der Waals surface area contributed by atoms with E-state index in [9.17, 15) is 22.2 Å². The van der Waals surface area contributed by atoms with Gasteiger partial charge in [-0.3, -0.25) is 4.79 Å². The highest BCUT2D eigenvalue weighted by Crippen LogP contribution is 2.32. The normalized spacial score (nSPS) is 17.1. The second-order valence-corrected chi connectivity index (χ2v) is 11.4. The van der Waals surface area contributed by atoms with Gasteiger partial charge < -0.3 is 9.73 Å². The Balaban J connectivity index is 1.17. The van der Waals surface area contributed by atoms with E-state index >= 15 is 0 Å². The molecule has 5 nitrogen and oxygen atoms in total. The SMILES string of the molecule is O=C(NCc1cccc(CSc2ccc(C(F)(F)F)cc2)c1)C1CCCN1S(=O)c1cc2ccccc2o1. The van der Waals surface area contributed by atoms with Gasteiger partial charge in [0.15, 0.2) is 11.0 Å². The fourth-order valence-electron chi connectivity index (χ4n) is 4.40. The lowest BCUT2D eigenvalue weighted by Gasteiger charge is -2.21. The van der Waals surface area contributed by atoms with E-state index in [-0.39, 0.29) is 5.91 Å². The van der Waals surface area contributed by atoms with Crippen LogP contribution < -0.4 is 5.32 Å². The summed E-state index contributed by atoms with van der Waals surface area (Å²) in [4.78, 5) is 13.8. The summed E-state index contributed by atoms with van der Waals surface area (Å²) < 4.78 is 58.9. The van der Waals surface area contributed by atoms with Gasteiger partial charge in [0.05, 0.1) is 5.56 Å². The molecular weight excluding hydrogens is 533 g/mol. The molecule has 3 aromatic carbocycles. The highest BCUT2D eigenvalue weighted by Gasteiger charge is 2.36. The minimum atomic E-state index is -4.35. The lowest BCUT2D eigenvalue weighted by Crippen LogP contribution is -2.43. The Hall–Kier alpha value is -3.08. The third-order valence-corrected chi connectivity index (χ3v) is 8.83. The predicted molar refractivity (Wildman–Crippen MR) is 142 cm³/mol. The molecule has 1 aromatic heterocycles. The first-order chi connectivity index (χ1) is 18.3. The number of furan rings is 1. The van der Waals surface area contributed by atoms with E-state index < -0.39 is 28.8 Å². The Morgan fingerprint density at radius 3 is 2.55 bits per heavy atom. The Labute approximate surface area is 225 Å². The maximum atomic E-state index is 13.2. The van der Waals surface area contributed by atoms with Crippen LogP contribution in [0.1, 0.15) is 29.5 Å². The molecule has 2 unspecified atom stereocenters. The van der Waals surface area contributed by atoms with Crippen molar-refractivity contribution in [3.63, 3.8) is 0 Å². The summed E-state index contributed by atoms with van der Waals surface area (Å²) in [6.45, 7) is 0.859. The van der Waals surface area contributed by atoms with Crippen molar-refractivity contribution in [2.45, 2.75) is 47.3 Å². The van der Waals surface area contributed by atoms with Crippen molar-refractivity contribution in [3.8, 4) is 0 Å². The molecule has 1 fully saturated rings. The van der Waals surface area contributed by atoms with Crippen molar-refractivity contribution in [3.05, 3.63) is 95.6 Å². The molecule has 1 aliphatic heterocycles. The van der Waals surface area contributed by atoms with Crippen molar-refractivity contribution in [2.24, 2.45) is 0 Å². The number of fused-ring (bicyclic) bond motifs is 1. The van der Waals surface area contributed by atoms with Gasteiger partial charge in [0.25, 0.3) is 0 Å². The summed E-state index contributed by atoms with van der Waals surface area (Å²) in [5, 5.41) is 4.17. The van der Waals surface area contributed by atoms with Gasteiger partial charge in [-0.2, -0.15) is 13.2 Å². The molecule has 0 aliphatic carbocycles. The Bertz CT molecular complexity index is 1420. The number of para-hydroxylation sites is 1. The van der Waals surface area contributed by atoms with Crippen molar-refractivity contribution < 1.29 is 26.6 Å². The van der Waals surface area contributed by atoms with Gasteiger partial charge in [-0.05, 0) is 54.3 Å². The molecule has 2 atom stereocenters. The van der Waals surface area contributed by atoms with Crippen molar-refractivity contribution in [1.29, 1.82) is 0 Å². The maximum absolute atomic E-state index is 13.2. The van der Waals surface area contributed by atoms with Crippen LogP contribution in [0.2, 0.25) is 0 Å². The van der Waals surface area contributed by atoms with Crippen LogP contribution in [-0.2, 0) is 34.3 Å². The molecule has 1 aliphatic rings. The molecule has 38 heavy (non-hydrogen) atoms. The highest BCUT2D eigenvalue weighted by atomic mass is 32.2. The van der Waals surface area contributed by atoms with E-state index in [1.807, 2.05) is 48.5 Å². The van der Waals surface area contributed by atoms with Crippen LogP contribution in [0, 0.1) is 0 Å². The third kappa shape index (κ3) is 6.14. The number of halogens is 3. The zero-order valence-electron chi connectivity index (χ0n) is 20.2. The van der Waals surface area contributed by atoms with Crippen LogP contribution in [0.25, 0.3) is 11.0 Å².